The number of para-hydroxylation sites is 3. The fourth-order valence-electron chi connectivity index (χ4n) is 7.26. The molecule has 0 bridgehead atoms. The normalized spacial score (nSPS) is 11.8. The fourth-order valence-corrected chi connectivity index (χ4v) is 8.08. The minimum Gasteiger partial charge on any atom is -0.454 e. The molecule has 5 heteroatoms. The lowest BCUT2D eigenvalue weighted by Gasteiger charge is -2.10. The zero-order valence-corrected chi connectivity index (χ0v) is 26.4. The van der Waals surface area contributed by atoms with Crippen LogP contribution in [0.1, 0.15) is 5.56 Å². The molecule has 10 rings (SSSR count). The molecule has 0 atom stereocenters. The van der Waals surface area contributed by atoms with E-state index in [-0.39, 0.29) is 0 Å². The summed E-state index contributed by atoms with van der Waals surface area (Å²) in [4.78, 5) is 2.23. The Balaban J connectivity index is 1.27. The van der Waals surface area contributed by atoms with Gasteiger partial charge in [0.15, 0.2) is 5.58 Å². The molecule has 0 amide bonds. The van der Waals surface area contributed by atoms with Crippen LogP contribution in [-0.4, -0.2) is 9.13 Å². The topological polar surface area (TPSA) is 46.8 Å². The number of aromatic nitrogens is 2. The monoisotopic (exact) mass is 631 g/mol. The Morgan fingerprint density at radius 3 is 1.85 bits per heavy atom. The summed E-state index contributed by atoms with van der Waals surface area (Å²) in [7, 11) is 0. The summed E-state index contributed by atoms with van der Waals surface area (Å²) in [6.07, 6.45) is 0. The van der Waals surface area contributed by atoms with Crippen LogP contribution in [0.4, 0.5) is 0 Å². The number of nitriles is 1. The Bertz CT molecular complexity index is 2910. The summed E-state index contributed by atoms with van der Waals surface area (Å²) in [5.74, 6) is 0. The lowest BCUT2D eigenvalue weighted by atomic mass is 10.1. The van der Waals surface area contributed by atoms with E-state index >= 15 is 0 Å². The molecule has 0 N–H and O–H groups in total. The average molecular weight is 632 g/mol. The summed E-state index contributed by atoms with van der Waals surface area (Å²) in [6, 6.07) is 55.4. The van der Waals surface area contributed by atoms with Crippen LogP contribution < -0.4 is 0 Å². The summed E-state index contributed by atoms with van der Waals surface area (Å²) in [5, 5.41) is 16.2. The number of furan rings is 1. The first-order valence-corrected chi connectivity index (χ1v) is 16.7. The van der Waals surface area contributed by atoms with Crippen molar-refractivity contribution in [2.24, 2.45) is 0 Å². The molecule has 7 aromatic carbocycles. The third-order valence-corrected chi connectivity index (χ3v) is 10.4. The van der Waals surface area contributed by atoms with Gasteiger partial charge >= 0.3 is 0 Å². The summed E-state index contributed by atoms with van der Waals surface area (Å²) >= 11 is 1.69. The second-order valence-electron chi connectivity index (χ2n) is 12.1. The SMILES string of the molecule is N#Cc1ccc(Sc2ccc(-n3c4cc5c6ccccc6n(-c6ccccc6)c5cc4c4ccc5c6ccccc6oc5c43)cc2)cc1. The third-order valence-electron chi connectivity index (χ3n) is 9.39. The fraction of sp³-hybridized carbons (Fsp3) is 0. The van der Waals surface area contributed by atoms with Crippen LogP contribution in [0.25, 0.3) is 76.9 Å². The van der Waals surface area contributed by atoms with Crippen LogP contribution >= 0.6 is 11.8 Å². The largest absolute Gasteiger partial charge is 0.454 e. The van der Waals surface area contributed by atoms with E-state index < -0.39 is 0 Å². The molecule has 4 nitrogen and oxygen atoms in total. The van der Waals surface area contributed by atoms with Gasteiger partial charge in [0.1, 0.15) is 5.58 Å². The summed E-state index contributed by atoms with van der Waals surface area (Å²) in [5.41, 5.74) is 9.21. The van der Waals surface area contributed by atoms with Gasteiger partial charge in [0.25, 0.3) is 0 Å². The minimum atomic E-state index is 0.666. The number of benzene rings is 7. The van der Waals surface area contributed by atoms with Crippen molar-refractivity contribution in [3.8, 4) is 17.4 Å². The minimum absolute atomic E-state index is 0.666. The molecule has 0 saturated carbocycles. The number of fused-ring (bicyclic) bond motifs is 10. The lowest BCUT2D eigenvalue weighted by Crippen LogP contribution is -1.95. The second-order valence-corrected chi connectivity index (χ2v) is 13.2. The van der Waals surface area contributed by atoms with E-state index in [1.807, 2.05) is 36.4 Å². The Morgan fingerprint density at radius 1 is 0.479 bits per heavy atom. The number of rotatable bonds is 4. The Morgan fingerprint density at radius 2 is 1.08 bits per heavy atom. The summed E-state index contributed by atoms with van der Waals surface area (Å²) < 4.78 is 11.4. The van der Waals surface area contributed by atoms with Gasteiger partial charge in [-0.3, -0.25) is 0 Å². The first-order chi connectivity index (χ1) is 23.7. The lowest BCUT2D eigenvalue weighted by molar-refractivity contribution is 0.671. The molecule has 3 heterocycles. The maximum atomic E-state index is 9.19. The first kappa shape index (κ1) is 26.9. The predicted octanol–water partition coefficient (Wildman–Crippen LogP) is 11.8. The molecule has 0 fully saturated rings. The third kappa shape index (κ3) is 3.97. The van der Waals surface area contributed by atoms with Crippen molar-refractivity contribution in [3.05, 3.63) is 157 Å². The highest BCUT2D eigenvalue weighted by Crippen LogP contribution is 2.43. The van der Waals surface area contributed by atoms with Crippen LogP contribution in [0.2, 0.25) is 0 Å². The quantitative estimate of drug-likeness (QED) is 0.194. The van der Waals surface area contributed by atoms with Crippen LogP contribution in [0.3, 0.4) is 0 Å². The highest BCUT2D eigenvalue weighted by atomic mass is 32.2. The molecule has 0 aliphatic rings. The van der Waals surface area contributed by atoms with Gasteiger partial charge in [0.2, 0.25) is 0 Å². The Labute approximate surface area is 279 Å². The van der Waals surface area contributed by atoms with Gasteiger partial charge in [-0.05, 0) is 91.0 Å². The number of nitrogens with zero attached hydrogens (tertiary/aromatic N) is 3. The van der Waals surface area contributed by atoms with E-state index in [1.54, 1.807) is 11.8 Å². The highest BCUT2D eigenvalue weighted by Gasteiger charge is 2.22. The van der Waals surface area contributed by atoms with Crippen molar-refractivity contribution in [2.45, 2.75) is 9.79 Å². The van der Waals surface area contributed by atoms with E-state index in [1.165, 1.54) is 27.2 Å². The van der Waals surface area contributed by atoms with E-state index in [0.29, 0.717) is 5.56 Å². The maximum absolute atomic E-state index is 9.19. The molecular formula is C43H25N3OS. The molecule has 10 aromatic rings. The molecule has 3 aromatic heterocycles. The van der Waals surface area contributed by atoms with Crippen LogP contribution in [0.5, 0.6) is 0 Å². The highest BCUT2D eigenvalue weighted by molar-refractivity contribution is 7.99. The van der Waals surface area contributed by atoms with Crippen molar-refractivity contribution in [1.82, 2.24) is 9.13 Å². The number of hydrogen-bond donors (Lipinski definition) is 0. The zero-order chi connectivity index (χ0) is 31.8. The molecule has 0 saturated heterocycles. The van der Waals surface area contributed by atoms with Gasteiger partial charge in [-0.1, -0.05) is 72.4 Å². The van der Waals surface area contributed by atoms with Gasteiger partial charge in [-0.15, -0.1) is 0 Å². The average Bonchev–Trinajstić information content (AvgIpc) is 3.79. The van der Waals surface area contributed by atoms with Crippen molar-refractivity contribution in [1.29, 1.82) is 5.26 Å². The predicted molar refractivity (Wildman–Crippen MR) is 198 cm³/mol. The van der Waals surface area contributed by atoms with Gasteiger partial charge in [-0.2, -0.15) is 5.26 Å². The van der Waals surface area contributed by atoms with Crippen LogP contribution in [0.15, 0.2) is 166 Å². The molecule has 224 valence electrons. The first-order valence-electron chi connectivity index (χ1n) is 15.9. The van der Waals surface area contributed by atoms with Crippen molar-refractivity contribution >= 4 is 77.3 Å². The molecule has 0 radical (unpaired) electrons. The Kier molecular flexibility index (Phi) is 5.84. The van der Waals surface area contributed by atoms with Gasteiger partial charge < -0.3 is 13.6 Å². The maximum Gasteiger partial charge on any atom is 0.160 e. The Hall–Kier alpha value is -6.22. The second kappa shape index (κ2) is 10.4. The van der Waals surface area contributed by atoms with Gasteiger partial charge in [-0.25, -0.2) is 0 Å². The van der Waals surface area contributed by atoms with E-state index in [0.717, 1.165) is 59.5 Å². The number of hydrogen-bond acceptors (Lipinski definition) is 3. The summed E-state index contributed by atoms with van der Waals surface area (Å²) in [6.45, 7) is 0. The van der Waals surface area contributed by atoms with E-state index in [2.05, 4.69) is 130 Å². The van der Waals surface area contributed by atoms with Crippen LogP contribution in [-0.2, 0) is 0 Å². The molecule has 0 aliphatic heterocycles. The standard InChI is InChI=1S/C43H25N3OS/c44-26-27-14-18-30(19-15-27)48-31-20-16-29(17-21-31)46-40-24-36-32-10-4-6-12-38(32)45(28-8-2-1-3-9-28)39(36)25-37(40)34-22-23-35-33-11-5-7-13-41(33)47-43(35)42(34)46/h1-25H. The van der Waals surface area contributed by atoms with Crippen LogP contribution in [0, 0.1) is 11.3 Å². The van der Waals surface area contributed by atoms with Crippen molar-refractivity contribution in [3.63, 3.8) is 0 Å². The molecule has 0 spiro atoms. The van der Waals surface area contributed by atoms with Gasteiger partial charge in [0.05, 0.1) is 33.7 Å². The van der Waals surface area contributed by atoms with E-state index in [4.69, 9.17) is 4.42 Å². The molecular weight excluding hydrogens is 607 g/mol. The zero-order valence-electron chi connectivity index (χ0n) is 25.6. The molecule has 0 unspecified atom stereocenters. The molecule has 0 aliphatic carbocycles. The van der Waals surface area contributed by atoms with Gasteiger partial charge in [0, 0.05) is 53.5 Å². The van der Waals surface area contributed by atoms with E-state index in [9.17, 15) is 5.26 Å². The smallest absolute Gasteiger partial charge is 0.160 e. The van der Waals surface area contributed by atoms with Crippen molar-refractivity contribution < 1.29 is 4.42 Å². The molecule has 48 heavy (non-hydrogen) atoms. The van der Waals surface area contributed by atoms with Crippen molar-refractivity contribution in [2.75, 3.05) is 0 Å².